The van der Waals surface area contributed by atoms with Gasteiger partial charge in [-0.05, 0) is 37.1 Å². The average Bonchev–Trinajstić information content (AvgIpc) is 3.45. The highest BCUT2D eigenvalue weighted by atomic mass is 16.5. The first kappa shape index (κ1) is 19.7. The van der Waals surface area contributed by atoms with Gasteiger partial charge in [-0.1, -0.05) is 5.16 Å². The van der Waals surface area contributed by atoms with Crippen LogP contribution in [0.4, 0.5) is 0 Å². The van der Waals surface area contributed by atoms with Gasteiger partial charge in [-0.15, -0.1) is 0 Å². The minimum Gasteiger partial charge on any atom is -0.497 e. The van der Waals surface area contributed by atoms with E-state index in [4.69, 9.17) is 18.7 Å². The molecule has 0 aliphatic carbocycles. The molecule has 0 bridgehead atoms. The van der Waals surface area contributed by atoms with Gasteiger partial charge in [0, 0.05) is 32.8 Å². The summed E-state index contributed by atoms with van der Waals surface area (Å²) in [5.41, 5.74) is 0. The lowest BCUT2D eigenvalue weighted by atomic mass is 10.2. The van der Waals surface area contributed by atoms with Crippen molar-refractivity contribution in [3.63, 3.8) is 0 Å². The maximum atomic E-state index is 12.4. The fourth-order valence-electron chi connectivity index (χ4n) is 3.53. The Morgan fingerprint density at radius 1 is 1.17 bits per heavy atom. The molecule has 29 heavy (non-hydrogen) atoms. The maximum absolute atomic E-state index is 12.4. The number of carbonyl (C=O) groups excluding carboxylic acids is 1. The number of piperazine rings is 1. The smallest absolute Gasteiger partial charge is 0.251 e. The van der Waals surface area contributed by atoms with Crippen LogP contribution in [0.1, 0.15) is 24.6 Å². The van der Waals surface area contributed by atoms with Gasteiger partial charge >= 0.3 is 0 Å². The molecule has 2 saturated heterocycles. The molecule has 0 N–H and O–H groups in total. The quantitative estimate of drug-likeness (QED) is 0.688. The molecule has 1 amide bonds. The van der Waals surface area contributed by atoms with Crippen LogP contribution in [0, 0.1) is 0 Å². The van der Waals surface area contributed by atoms with Crippen LogP contribution in [0.5, 0.6) is 11.5 Å². The molecule has 0 unspecified atom stereocenters. The van der Waals surface area contributed by atoms with E-state index in [9.17, 15) is 4.79 Å². The molecular weight excluding hydrogens is 376 g/mol. The highest BCUT2D eigenvalue weighted by Gasteiger charge is 2.30. The summed E-state index contributed by atoms with van der Waals surface area (Å²) in [5.74, 6) is 2.67. The van der Waals surface area contributed by atoms with Gasteiger partial charge in [0.25, 0.3) is 5.91 Å². The molecule has 2 fully saturated rings. The first-order valence-corrected chi connectivity index (χ1v) is 9.92. The molecule has 1 aromatic carbocycles. The molecule has 2 aliphatic heterocycles. The van der Waals surface area contributed by atoms with Crippen molar-refractivity contribution in [1.82, 2.24) is 19.9 Å². The Hall–Kier alpha value is -2.65. The Balaban J connectivity index is 1.21. The third kappa shape index (κ3) is 5.04. The van der Waals surface area contributed by atoms with Crippen LogP contribution in [-0.2, 0) is 22.7 Å². The van der Waals surface area contributed by atoms with Crippen LogP contribution < -0.4 is 9.47 Å². The van der Waals surface area contributed by atoms with E-state index in [0.717, 1.165) is 31.7 Å². The van der Waals surface area contributed by atoms with Crippen molar-refractivity contribution in [2.45, 2.75) is 32.1 Å². The van der Waals surface area contributed by atoms with Crippen LogP contribution in [0.2, 0.25) is 0 Å². The third-order valence-corrected chi connectivity index (χ3v) is 5.19. The van der Waals surface area contributed by atoms with Gasteiger partial charge in [0.2, 0.25) is 11.7 Å². The molecule has 2 aliphatic rings. The molecule has 2 aromatic rings. The molecule has 1 atom stereocenters. The third-order valence-electron chi connectivity index (χ3n) is 5.19. The van der Waals surface area contributed by atoms with Crippen molar-refractivity contribution in [1.29, 1.82) is 0 Å². The summed E-state index contributed by atoms with van der Waals surface area (Å²) in [7, 11) is 1.62. The van der Waals surface area contributed by atoms with Gasteiger partial charge in [0.05, 0.1) is 13.7 Å². The number of ether oxygens (including phenoxy) is 3. The second kappa shape index (κ2) is 9.23. The average molecular weight is 402 g/mol. The number of hydrogen-bond donors (Lipinski definition) is 0. The maximum Gasteiger partial charge on any atom is 0.251 e. The second-order valence-corrected chi connectivity index (χ2v) is 7.17. The molecular formula is C20H26N4O5. The number of methoxy groups -OCH3 is 1. The highest BCUT2D eigenvalue weighted by Crippen LogP contribution is 2.18. The Bertz CT molecular complexity index is 795. The van der Waals surface area contributed by atoms with Gasteiger partial charge in [0.15, 0.2) is 6.61 Å². The van der Waals surface area contributed by atoms with Crippen LogP contribution in [0.25, 0.3) is 0 Å². The van der Waals surface area contributed by atoms with E-state index in [1.54, 1.807) is 7.11 Å². The van der Waals surface area contributed by atoms with Crippen LogP contribution in [-0.4, -0.2) is 71.8 Å². The normalized spacial score (nSPS) is 20.0. The molecule has 0 spiro atoms. The first-order valence-electron chi connectivity index (χ1n) is 9.92. The van der Waals surface area contributed by atoms with Crippen molar-refractivity contribution >= 4 is 5.91 Å². The number of rotatable bonds is 7. The second-order valence-electron chi connectivity index (χ2n) is 7.17. The fourth-order valence-corrected chi connectivity index (χ4v) is 3.53. The summed E-state index contributed by atoms with van der Waals surface area (Å²) in [6, 6.07) is 7.33. The number of amides is 1. The summed E-state index contributed by atoms with van der Waals surface area (Å²) >= 11 is 0. The van der Waals surface area contributed by atoms with Gasteiger partial charge < -0.3 is 23.6 Å². The number of aromatic nitrogens is 2. The standard InChI is InChI=1S/C20H26N4O5/c1-26-15-4-6-16(7-5-15)28-14-18-21-19(29-22-18)13-23-8-10-24(11-9-23)20(25)17-3-2-12-27-17/h4-7,17H,2-3,8-14H2,1H3/t17-/m1/s1. The minimum absolute atomic E-state index is 0.123. The summed E-state index contributed by atoms with van der Waals surface area (Å²) in [4.78, 5) is 20.9. The van der Waals surface area contributed by atoms with E-state index in [0.29, 0.717) is 43.7 Å². The Morgan fingerprint density at radius 2 is 1.93 bits per heavy atom. The molecule has 0 saturated carbocycles. The molecule has 1 aromatic heterocycles. The van der Waals surface area contributed by atoms with Gasteiger partial charge in [-0.2, -0.15) is 4.98 Å². The van der Waals surface area contributed by atoms with E-state index >= 15 is 0 Å². The molecule has 9 heteroatoms. The van der Waals surface area contributed by atoms with Gasteiger partial charge in [0.1, 0.15) is 17.6 Å². The lowest BCUT2D eigenvalue weighted by Crippen LogP contribution is -2.51. The Kier molecular flexibility index (Phi) is 6.26. The molecule has 9 nitrogen and oxygen atoms in total. The van der Waals surface area contributed by atoms with Crippen molar-refractivity contribution in [3.8, 4) is 11.5 Å². The molecule has 0 radical (unpaired) electrons. The molecule has 3 heterocycles. The Morgan fingerprint density at radius 3 is 2.62 bits per heavy atom. The minimum atomic E-state index is -0.245. The lowest BCUT2D eigenvalue weighted by molar-refractivity contribution is -0.142. The Labute approximate surface area is 169 Å². The van der Waals surface area contributed by atoms with Crippen molar-refractivity contribution in [2.75, 3.05) is 39.9 Å². The van der Waals surface area contributed by atoms with Crippen LogP contribution in [0.3, 0.4) is 0 Å². The number of benzene rings is 1. The van der Waals surface area contributed by atoms with Crippen molar-refractivity contribution in [2.24, 2.45) is 0 Å². The monoisotopic (exact) mass is 402 g/mol. The number of hydrogen-bond acceptors (Lipinski definition) is 8. The predicted molar refractivity (Wildman–Crippen MR) is 102 cm³/mol. The van der Waals surface area contributed by atoms with E-state index in [1.165, 1.54) is 0 Å². The molecule has 4 rings (SSSR count). The number of carbonyl (C=O) groups is 1. The largest absolute Gasteiger partial charge is 0.497 e. The van der Waals surface area contributed by atoms with Gasteiger partial charge in [-0.25, -0.2) is 0 Å². The fraction of sp³-hybridized carbons (Fsp3) is 0.550. The zero-order chi connectivity index (χ0) is 20.1. The molecule has 156 valence electrons. The van der Waals surface area contributed by atoms with Crippen LogP contribution in [0.15, 0.2) is 28.8 Å². The summed E-state index contributed by atoms with van der Waals surface area (Å²) in [6.45, 7) is 4.44. The predicted octanol–water partition coefficient (Wildman–Crippen LogP) is 1.48. The zero-order valence-corrected chi connectivity index (χ0v) is 16.6. The van der Waals surface area contributed by atoms with Crippen molar-refractivity contribution in [3.05, 3.63) is 36.0 Å². The van der Waals surface area contributed by atoms with E-state index in [1.807, 2.05) is 29.2 Å². The topological polar surface area (TPSA) is 90.2 Å². The van der Waals surface area contributed by atoms with E-state index in [2.05, 4.69) is 15.0 Å². The van der Waals surface area contributed by atoms with Crippen LogP contribution >= 0.6 is 0 Å². The zero-order valence-electron chi connectivity index (χ0n) is 16.6. The highest BCUT2D eigenvalue weighted by molar-refractivity contribution is 5.81. The number of nitrogens with zero attached hydrogens (tertiary/aromatic N) is 4. The lowest BCUT2D eigenvalue weighted by Gasteiger charge is -2.35. The summed E-state index contributed by atoms with van der Waals surface area (Å²) in [6.07, 6.45) is 1.56. The summed E-state index contributed by atoms with van der Waals surface area (Å²) < 4.78 is 21.6. The summed E-state index contributed by atoms with van der Waals surface area (Å²) in [5, 5.41) is 3.98. The first-order chi connectivity index (χ1) is 14.2. The van der Waals surface area contributed by atoms with Gasteiger partial charge in [-0.3, -0.25) is 9.69 Å². The SMILES string of the molecule is COc1ccc(OCc2noc(CN3CCN(C(=O)[C@H]4CCCO4)CC3)n2)cc1. The van der Waals surface area contributed by atoms with E-state index < -0.39 is 0 Å². The van der Waals surface area contributed by atoms with E-state index in [-0.39, 0.29) is 18.6 Å². The van der Waals surface area contributed by atoms with Crippen molar-refractivity contribution < 1.29 is 23.5 Å².